The molecule has 1 aliphatic heterocycles. The van der Waals surface area contributed by atoms with Gasteiger partial charge in [0.05, 0.1) is 32.9 Å². The number of benzene rings is 3. The number of carbonyl (C=O) groups excluding carboxylic acids is 8. The Morgan fingerprint density at radius 1 is 0.609 bits per heavy atom. The molecule has 4 amide bonds. The van der Waals surface area contributed by atoms with Gasteiger partial charge in [0, 0.05) is 63.5 Å². The second kappa shape index (κ2) is 37.7. The summed E-state index contributed by atoms with van der Waals surface area (Å²) in [6.45, 7) is 1.60. The van der Waals surface area contributed by atoms with Crippen LogP contribution < -0.4 is 26.6 Å². The maximum Gasteiger partial charge on any atom is 0.446 e. The first-order chi connectivity index (χ1) is 42.6. The quantitative estimate of drug-likeness (QED) is 0.0196. The molecule has 0 spiro atoms. The molecule has 3 aromatic rings. The van der Waals surface area contributed by atoms with E-state index in [0.29, 0.717) is 4.90 Å². The van der Waals surface area contributed by atoms with Crippen molar-refractivity contribution in [3.05, 3.63) is 124 Å². The van der Waals surface area contributed by atoms with E-state index in [1.54, 1.807) is 6.92 Å². The Bertz CT molecular complexity index is 3080. The van der Waals surface area contributed by atoms with Crippen LogP contribution in [0.15, 0.2) is 72.8 Å². The summed E-state index contributed by atoms with van der Waals surface area (Å²) in [5, 5.41) is 11.0. The fraction of sp³-hybridized carbons (Fsp3) is 0.439. The van der Waals surface area contributed by atoms with Crippen LogP contribution in [0.5, 0.6) is 0 Å². The summed E-state index contributed by atoms with van der Waals surface area (Å²) < 4.78 is 242. The molecule has 2 atom stereocenters. The number of esters is 3. The Hall–Kier alpha value is -8.50. The number of carbonyl (C=O) groups is 8. The van der Waals surface area contributed by atoms with Crippen molar-refractivity contribution < 1.29 is 132 Å². The van der Waals surface area contributed by atoms with Crippen molar-refractivity contribution in [3.8, 4) is 0 Å². The molecule has 0 saturated carbocycles. The first-order valence-corrected chi connectivity index (χ1v) is 26.7. The van der Waals surface area contributed by atoms with Crippen LogP contribution in [0.4, 0.5) is 79.0 Å². The van der Waals surface area contributed by atoms with Crippen LogP contribution in [0.1, 0.15) is 77.5 Å². The van der Waals surface area contributed by atoms with Crippen LogP contribution in [0.25, 0.3) is 16.7 Å². The Morgan fingerprint density at radius 2 is 1.05 bits per heavy atom. The minimum Gasteiger partial charge on any atom is -0.464 e. The van der Waals surface area contributed by atoms with E-state index in [1.165, 1.54) is 57.2 Å². The monoisotopic (exact) mass is 1350 g/mol. The zero-order valence-electron chi connectivity index (χ0n) is 49.4. The zero-order chi connectivity index (χ0) is 70.5. The number of ether oxygens (including phenoxy) is 3. The summed E-state index contributed by atoms with van der Waals surface area (Å²) in [6, 6.07) is 7.38. The average molecular weight is 1350 g/mol. The first-order valence-electron chi connectivity index (χ1n) is 26.7. The van der Waals surface area contributed by atoms with E-state index in [9.17, 15) is 113 Å². The maximum absolute atomic E-state index is 14.4. The molecule has 0 aromatic heterocycles. The largest absolute Gasteiger partial charge is 0.464 e. The van der Waals surface area contributed by atoms with E-state index < -0.39 is 176 Å². The maximum atomic E-state index is 14.4. The molecular formula is C57H62F18N6O11. The van der Waals surface area contributed by atoms with Crippen molar-refractivity contribution in [2.75, 3.05) is 59.1 Å². The van der Waals surface area contributed by atoms with E-state index in [4.69, 9.17) is 19.0 Å². The van der Waals surface area contributed by atoms with Gasteiger partial charge in [-0.15, -0.1) is 0 Å². The fourth-order valence-electron chi connectivity index (χ4n) is 7.78. The van der Waals surface area contributed by atoms with Crippen LogP contribution in [-0.2, 0) is 52.6 Å². The molecule has 512 valence electrons. The normalized spacial score (nSPS) is 14.2. The predicted octanol–water partition coefficient (Wildman–Crippen LogP) is 9.24. The van der Waals surface area contributed by atoms with Gasteiger partial charge in [0.1, 0.15) is 18.6 Å². The molecule has 2 unspecified atom stereocenters. The van der Waals surface area contributed by atoms with Gasteiger partial charge in [-0.25, -0.2) is 40.7 Å². The van der Waals surface area contributed by atoms with Gasteiger partial charge < -0.3 is 45.7 Å². The van der Waals surface area contributed by atoms with Gasteiger partial charge in [-0.3, -0.25) is 24.0 Å². The third kappa shape index (κ3) is 29.6. The summed E-state index contributed by atoms with van der Waals surface area (Å²) in [6.07, 6.45) is -16.8. The molecule has 5 N–H and O–H groups in total. The fourth-order valence-corrected chi connectivity index (χ4v) is 7.78. The lowest BCUT2D eigenvalue weighted by Gasteiger charge is -2.29. The van der Waals surface area contributed by atoms with Gasteiger partial charge >= 0.3 is 42.6 Å². The number of alkyl halides is 12. The molecule has 0 fully saturated rings. The van der Waals surface area contributed by atoms with E-state index in [-0.39, 0.29) is 60.5 Å². The highest BCUT2D eigenvalue weighted by molar-refractivity contribution is 6.08. The summed E-state index contributed by atoms with van der Waals surface area (Å²) in [5.41, 5.74) is -3.41. The van der Waals surface area contributed by atoms with E-state index in [1.807, 2.05) is 0 Å². The van der Waals surface area contributed by atoms with E-state index in [2.05, 4.69) is 26.6 Å². The number of hydrogen-bond donors (Lipinski definition) is 5. The molecule has 35 heteroatoms. The number of rotatable bonds is 23. The third-order valence-corrected chi connectivity index (χ3v) is 11.5. The first kappa shape index (κ1) is 81.5. The standard InChI is InChI=1S/C21H25F5N2O5.C18H21F5N2O3.C16H15F5N2O2.C2HF3O/c1-4-32-18(30)20(28-13(3)29,19(31)33-5-2)10-9-14(11-27-12-21(24,25)26)15-7-6-8-16(22)17(15)23;1-3-28-17(27)15(25-11(2)26)8-7-12(9-24-10-18(21,22)23)13-5-4-6-14(19)16(13)20;1-9(24)22-13-6-5-10(11-3-2-4-12(17)14(11)18)7-23(15(13)25)8-16(19,20)21;3-2(4,5)1-6/h6-9,27H,4-5,10-12H2,1-3H3,(H,28,29);4-7,15,24H,3,8-10H2,1-2H3,(H,25,26);2-5,13H,6-8H2,1H3,(H,22,24);1H/b14-9+;12-7+;;. The van der Waals surface area contributed by atoms with Crippen molar-refractivity contribution in [2.45, 2.75) is 103 Å². The number of amides is 4. The Labute approximate surface area is 513 Å². The molecule has 92 heavy (non-hydrogen) atoms. The Balaban J connectivity index is 0.000000664. The summed E-state index contributed by atoms with van der Waals surface area (Å²) in [5.74, 6) is -13.3. The van der Waals surface area contributed by atoms with Crippen LogP contribution in [0, 0.1) is 34.9 Å². The Kier molecular flexibility index (Phi) is 33.4. The SMILES string of the molecule is CC(=O)NC1CC=C(c2cccc(F)c2F)CN(CC(F)(F)F)C1=O.CCOC(=O)C(C/C=C(\CNCC(F)(F)F)c1cccc(F)c1F)(NC(C)=O)C(=O)OCC.CCOC(=O)C(C/C=C(\CNCC(F)(F)F)c1cccc(F)c1F)NC(C)=O.O=CC(F)(F)F. The number of hydrogen-bond acceptors (Lipinski definition) is 13. The summed E-state index contributed by atoms with van der Waals surface area (Å²) in [4.78, 5) is 93.0. The third-order valence-electron chi connectivity index (χ3n) is 11.5. The van der Waals surface area contributed by atoms with E-state index in [0.717, 1.165) is 50.3 Å². The molecule has 0 aliphatic carbocycles. The minimum absolute atomic E-state index is 0.000834. The second-order valence-corrected chi connectivity index (χ2v) is 18.9. The topological polar surface area (TPSA) is 228 Å². The molecular weight excluding hydrogens is 1290 g/mol. The smallest absolute Gasteiger partial charge is 0.446 e. The molecule has 1 aliphatic rings. The van der Waals surface area contributed by atoms with Gasteiger partial charge in [-0.1, -0.05) is 54.6 Å². The molecule has 4 rings (SSSR count). The van der Waals surface area contributed by atoms with E-state index >= 15 is 0 Å². The lowest BCUT2D eigenvalue weighted by molar-refractivity contribution is -0.167. The molecule has 1 heterocycles. The number of halogens is 18. The lowest BCUT2D eigenvalue weighted by atomic mass is 9.91. The summed E-state index contributed by atoms with van der Waals surface area (Å²) >= 11 is 0. The lowest BCUT2D eigenvalue weighted by Crippen LogP contribution is -2.60. The van der Waals surface area contributed by atoms with Crippen molar-refractivity contribution in [1.29, 1.82) is 0 Å². The van der Waals surface area contributed by atoms with Gasteiger partial charge in [-0.05, 0) is 68.5 Å². The number of nitrogens with zero attached hydrogens (tertiary/aromatic N) is 1. The van der Waals surface area contributed by atoms with Gasteiger partial charge in [0.15, 0.2) is 34.9 Å². The molecule has 3 aromatic carbocycles. The number of aldehydes is 1. The zero-order valence-corrected chi connectivity index (χ0v) is 49.4. The molecule has 0 radical (unpaired) electrons. The van der Waals surface area contributed by atoms with Gasteiger partial charge in [-0.2, -0.15) is 52.7 Å². The molecule has 0 bridgehead atoms. The average Bonchev–Trinajstić information content (AvgIpc) is 1.05. The highest BCUT2D eigenvalue weighted by atomic mass is 19.4. The van der Waals surface area contributed by atoms with Crippen LogP contribution in [0.3, 0.4) is 0 Å². The second-order valence-electron chi connectivity index (χ2n) is 18.9. The van der Waals surface area contributed by atoms with Crippen LogP contribution >= 0.6 is 0 Å². The molecule has 17 nitrogen and oxygen atoms in total. The Morgan fingerprint density at radius 3 is 1.46 bits per heavy atom. The highest BCUT2D eigenvalue weighted by Crippen LogP contribution is 2.29. The van der Waals surface area contributed by atoms with Crippen molar-refractivity contribution in [1.82, 2.24) is 31.5 Å². The molecule has 0 saturated heterocycles. The van der Waals surface area contributed by atoms with Gasteiger partial charge in [0.25, 0.3) is 0 Å². The predicted molar refractivity (Wildman–Crippen MR) is 291 cm³/mol. The van der Waals surface area contributed by atoms with Gasteiger partial charge in [0.2, 0.25) is 35.5 Å². The van der Waals surface area contributed by atoms with Crippen molar-refractivity contribution in [2.24, 2.45) is 0 Å². The minimum atomic E-state index is -4.67. The summed E-state index contributed by atoms with van der Waals surface area (Å²) in [7, 11) is 0. The van der Waals surface area contributed by atoms with Crippen molar-refractivity contribution in [3.63, 3.8) is 0 Å². The highest BCUT2D eigenvalue weighted by Gasteiger charge is 2.49. The van der Waals surface area contributed by atoms with Crippen molar-refractivity contribution >= 4 is 64.5 Å². The number of nitrogens with one attached hydrogen (secondary N) is 5. The van der Waals surface area contributed by atoms with Crippen LogP contribution in [-0.4, -0.2) is 154 Å². The van der Waals surface area contributed by atoms with Crippen LogP contribution in [0.2, 0.25) is 0 Å².